The Kier molecular flexibility index (Phi) is 2.98. The Balaban J connectivity index is 3.21. The first kappa shape index (κ1) is 9.68. The van der Waals surface area contributed by atoms with Gasteiger partial charge in [-0.2, -0.15) is 5.26 Å². The van der Waals surface area contributed by atoms with E-state index in [-0.39, 0.29) is 5.69 Å². The van der Waals surface area contributed by atoms with Gasteiger partial charge in [0.05, 0.1) is 16.6 Å². The molecule has 0 aliphatic heterocycles. The van der Waals surface area contributed by atoms with Crippen molar-refractivity contribution in [3.05, 3.63) is 39.9 Å². The number of benzene rings is 1. The maximum absolute atomic E-state index is 10.5. The molecular weight excluding hydrogens is 236 g/mol. The molecule has 0 saturated carbocycles. The van der Waals surface area contributed by atoms with Crippen LogP contribution in [0.1, 0.15) is 10.4 Å². The highest BCUT2D eigenvalue weighted by molar-refractivity contribution is 9.09. The third-order valence-corrected chi connectivity index (χ3v) is 2.22. The molecule has 5 heteroatoms. The molecule has 0 spiro atoms. The van der Waals surface area contributed by atoms with E-state index < -0.39 is 9.75 Å². The van der Waals surface area contributed by atoms with Crippen molar-refractivity contribution >= 4 is 21.6 Å². The molecule has 1 unspecified atom stereocenters. The van der Waals surface area contributed by atoms with Crippen molar-refractivity contribution in [2.75, 3.05) is 0 Å². The Labute approximate surface area is 83.1 Å². The first-order chi connectivity index (χ1) is 6.16. The topological polar surface area (TPSA) is 66.9 Å². The van der Waals surface area contributed by atoms with Gasteiger partial charge in [0, 0.05) is 6.07 Å². The van der Waals surface area contributed by atoms with Crippen LogP contribution in [0.4, 0.5) is 5.69 Å². The quantitative estimate of drug-likeness (QED) is 0.454. The van der Waals surface area contributed by atoms with Crippen LogP contribution in [0, 0.1) is 21.4 Å². The minimum Gasteiger partial charge on any atom is -0.258 e. The fourth-order valence-electron chi connectivity index (χ4n) is 0.938. The number of nitro groups is 1. The lowest BCUT2D eigenvalue weighted by Gasteiger charge is -2.01. The summed E-state index contributed by atoms with van der Waals surface area (Å²) in [6.07, 6.45) is 0. The molecule has 0 saturated heterocycles. The SMILES string of the molecule is N#CC(Br)c1ccccc1[N+](=O)[O-]. The molecule has 0 radical (unpaired) electrons. The third kappa shape index (κ3) is 2.04. The number of rotatable bonds is 2. The lowest BCUT2D eigenvalue weighted by molar-refractivity contribution is -0.385. The van der Waals surface area contributed by atoms with E-state index >= 15 is 0 Å². The zero-order valence-electron chi connectivity index (χ0n) is 6.48. The van der Waals surface area contributed by atoms with E-state index in [0.29, 0.717) is 5.56 Å². The molecule has 0 bridgehead atoms. The van der Waals surface area contributed by atoms with E-state index in [0.717, 1.165) is 0 Å². The van der Waals surface area contributed by atoms with E-state index in [4.69, 9.17) is 5.26 Å². The zero-order valence-corrected chi connectivity index (χ0v) is 8.06. The van der Waals surface area contributed by atoms with Gasteiger partial charge in [0.1, 0.15) is 4.83 Å². The summed E-state index contributed by atoms with van der Waals surface area (Å²) >= 11 is 3.04. The van der Waals surface area contributed by atoms with Crippen molar-refractivity contribution < 1.29 is 4.92 Å². The Bertz CT molecular complexity index is 373. The van der Waals surface area contributed by atoms with Crippen LogP contribution in [0.5, 0.6) is 0 Å². The van der Waals surface area contributed by atoms with Gasteiger partial charge in [0.15, 0.2) is 0 Å². The van der Waals surface area contributed by atoms with Gasteiger partial charge in [-0.25, -0.2) is 0 Å². The van der Waals surface area contributed by atoms with Gasteiger partial charge in [-0.15, -0.1) is 0 Å². The second-order valence-electron chi connectivity index (χ2n) is 2.31. The second kappa shape index (κ2) is 4.01. The van der Waals surface area contributed by atoms with Gasteiger partial charge >= 0.3 is 0 Å². The summed E-state index contributed by atoms with van der Waals surface area (Å²) in [6.45, 7) is 0. The number of para-hydroxylation sites is 1. The Hall–Kier alpha value is -1.41. The van der Waals surface area contributed by atoms with Crippen LogP contribution in [0.25, 0.3) is 0 Å². The molecule has 1 rings (SSSR count). The first-order valence-electron chi connectivity index (χ1n) is 3.44. The largest absolute Gasteiger partial charge is 0.274 e. The molecule has 1 atom stereocenters. The number of nitriles is 1. The summed E-state index contributed by atoms with van der Waals surface area (Å²) < 4.78 is 0. The minimum atomic E-state index is -0.630. The second-order valence-corrected chi connectivity index (χ2v) is 3.22. The van der Waals surface area contributed by atoms with Crippen molar-refractivity contribution in [2.24, 2.45) is 0 Å². The van der Waals surface area contributed by atoms with Crippen LogP contribution >= 0.6 is 15.9 Å². The number of hydrogen-bond acceptors (Lipinski definition) is 3. The van der Waals surface area contributed by atoms with Crippen LogP contribution in [-0.4, -0.2) is 4.92 Å². The van der Waals surface area contributed by atoms with Crippen molar-refractivity contribution in [2.45, 2.75) is 4.83 Å². The summed E-state index contributed by atoms with van der Waals surface area (Å²) in [5.41, 5.74) is 0.348. The fourth-order valence-corrected chi connectivity index (χ4v) is 1.32. The van der Waals surface area contributed by atoms with Gasteiger partial charge in [0.2, 0.25) is 0 Å². The molecule has 0 aliphatic carbocycles. The number of hydrogen-bond donors (Lipinski definition) is 0. The smallest absolute Gasteiger partial charge is 0.258 e. The summed E-state index contributed by atoms with van der Waals surface area (Å²) in [6, 6.07) is 8.05. The number of nitrogens with zero attached hydrogens (tertiary/aromatic N) is 2. The molecule has 4 nitrogen and oxygen atoms in total. The van der Waals surface area contributed by atoms with Crippen molar-refractivity contribution in [3.8, 4) is 6.07 Å². The average molecular weight is 241 g/mol. The van der Waals surface area contributed by atoms with Crippen molar-refractivity contribution in [1.29, 1.82) is 5.26 Å². The van der Waals surface area contributed by atoms with Crippen LogP contribution < -0.4 is 0 Å². The van der Waals surface area contributed by atoms with Gasteiger partial charge in [-0.05, 0) is 6.07 Å². The van der Waals surface area contributed by atoms with Gasteiger partial charge in [-0.1, -0.05) is 28.1 Å². The number of nitro benzene ring substituents is 1. The average Bonchev–Trinajstić information content (AvgIpc) is 2.16. The fraction of sp³-hybridized carbons (Fsp3) is 0.125. The molecule has 66 valence electrons. The molecule has 13 heavy (non-hydrogen) atoms. The molecule has 1 aromatic rings. The molecule has 0 N–H and O–H groups in total. The van der Waals surface area contributed by atoms with Gasteiger partial charge in [0.25, 0.3) is 5.69 Å². The molecule has 1 aromatic carbocycles. The molecule has 0 heterocycles. The lowest BCUT2D eigenvalue weighted by Crippen LogP contribution is -1.95. The highest BCUT2D eigenvalue weighted by Crippen LogP contribution is 2.29. The van der Waals surface area contributed by atoms with Gasteiger partial charge < -0.3 is 0 Å². The standard InChI is InChI=1S/C8H5BrN2O2/c9-7(5-10)6-3-1-2-4-8(6)11(12)13/h1-4,7H. The molecular formula is C8H5BrN2O2. The highest BCUT2D eigenvalue weighted by atomic mass is 79.9. The maximum atomic E-state index is 10.5. The molecule has 0 aromatic heterocycles. The summed E-state index contributed by atoms with van der Waals surface area (Å²) in [4.78, 5) is 9.39. The highest BCUT2D eigenvalue weighted by Gasteiger charge is 2.18. The van der Waals surface area contributed by atoms with E-state index in [9.17, 15) is 10.1 Å². The van der Waals surface area contributed by atoms with Gasteiger partial charge in [-0.3, -0.25) is 10.1 Å². The van der Waals surface area contributed by atoms with Crippen LogP contribution in [0.15, 0.2) is 24.3 Å². The van der Waals surface area contributed by atoms with E-state index in [1.54, 1.807) is 18.2 Å². The maximum Gasteiger partial charge on any atom is 0.274 e. The van der Waals surface area contributed by atoms with E-state index in [2.05, 4.69) is 15.9 Å². The molecule has 0 amide bonds. The Morgan fingerprint density at radius 2 is 2.15 bits per heavy atom. The first-order valence-corrected chi connectivity index (χ1v) is 4.35. The Morgan fingerprint density at radius 1 is 1.54 bits per heavy atom. The predicted octanol–water partition coefficient (Wildman–Crippen LogP) is 2.55. The van der Waals surface area contributed by atoms with Crippen molar-refractivity contribution in [1.82, 2.24) is 0 Å². The summed E-state index contributed by atoms with van der Waals surface area (Å²) in [5.74, 6) is 0. The van der Waals surface area contributed by atoms with E-state index in [1.165, 1.54) is 6.07 Å². The van der Waals surface area contributed by atoms with Crippen LogP contribution in [-0.2, 0) is 0 Å². The number of halogens is 1. The van der Waals surface area contributed by atoms with Crippen LogP contribution in [0.2, 0.25) is 0 Å². The minimum absolute atomic E-state index is 0.0362. The summed E-state index contributed by atoms with van der Waals surface area (Å²) in [7, 11) is 0. The van der Waals surface area contributed by atoms with Crippen molar-refractivity contribution in [3.63, 3.8) is 0 Å². The predicted molar refractivity (Wildman–Crippen MR) is 50.4 cm³/mol. The monoisotopic (exact) mass is 240 g/mol. The summed E-state index contributed by atoms with van der Waals surface area (Å²) in [5, 5.41) is 19.1. The zero-order chi connectivity index (χ0) is 9.84. The lowest BCUT2D eigenvalue weighted by atomic mass is 10.1. The Morgan fingerprint density at radius 3 is 2.69 bits per heavy atom. The molecule has 0 aliphatic rings. The normalized spacial score (nSPS) is 11.7. The van der Waals surface area contributed by atoms with Crippen LogP contribution in [0.3, 0.4) is 0 Å². The molecule has 0 fully saturated rings. The number of alkyl halides is 1. The third-order valence-electron chi connectivity index (χ3n) is 1.52. The van der Waals surface area contributed by atoms with E-state index in [1.807, 2.05) is 6.07 Å².